The fourth-order valence-electron chi connectivity index (χ4n) is 2.27. The smallest absolute Gasteiger partial charge is 0.393 e. The Labute approximate surface area is 138 Å². The van der Waals surface area contributed by atoms with Gasteiger partial charge in [-0.15, -0.1) is 0 Å². The van der Waals surface area contributed by atoms with Gasteiger partial charge >= 0.3 is 18.0 Å². The number of alkyl halides is 3. The highest BCUT2D eigenvalue weighted by atomic mass is 19.4. The molecule has 1 aromatic rings. The third-order valence-corrected chi connectivity index (χ3v) is 3.45. The summed E-state index contributed by atoms with van der Waals surface area (Å²) in [5, 5.41) is 13.8. The maximum atomic E-state index is 12.8. The minimum absolute atomic E-state index is 0.0444. The predicted molar refractivity (Wildman–Crippen MR) is 83.3 cm³/mol. The molecule has 0 heterocycles. The van der Waals surface area contributed by atoms with Crippen molar-refractivity contribution in [2.24, 2.45) is 5.92 Å². The van der Waals surface area contributed by atoms with Crippen molar-refractivity contribution in [3.63, 3.8) is 0 Å². The summed E-state index contributed by atoms with van der Waals surface area (Å²) in [6, 6.07) is 3.36. The Balaban J connectivity index is 2.70. The van der Waals surface area contributed by atoms with E-state index >= 15 is 0 Å². The zero-order valence-electron chi connectivity index (χ0n) is 13.7. The first kappa shape index (κ1) is 20.0. The molecule has 134 valence electrons. The van der Waals surface area contributed by atoms with Crippen LogP contribution in [-0.2, 0) is 15.8 Å². The molecular formula is C16H21F3N2O3. The van der Waals surface area contributed by atoms with E-state index in [9.17, 15) is 27.9 Å². The number of halogens is 3. The third kappa shape index (κ3) is 5.84. The van der Waals surface area contributed by atoms with Gasteiger partial charge in [-0.05, 0) is 43.9 Å². The highest BCUT2D eigenvalue weighted by Gasteiger charge is 2.33. The number of carbonyl (C=O) groups is 2. The topological polar surface area (TPSA) is 78.4 Å². The SMILES string of the molecule is Cc1c(NC(=O)C(=O)NCC(C)CC(C)O)cccc1C(F)(F)F. The molecule has 24 heavy (non-hydrogen) atoms. The van der Waals surface area contributed by atoms with Gasteiger partial charge in [-0.25, -0.2) is 0 Å². The molecule has 0 spiro atoms. The van der Waals surface area contributed by atoms with Gasteiger partial charge in [0, 0.05) is 12.2 Å². The molecule has 0 fully saturated rings. The van der Waals surface area contributed by atoms with E-state index in [4.69, 9.17) is 0 Å². The number of nitrogens with one attached hydrogen (secondary N) is 2. The van der Waals surface area contributed by atoms with Gasteiger partial charge in [0.1, 0.15) is 0 Å². The van der Waals surface area contributed by atoms with Crippen molar-refractivity contribution in [2.45, 2.75) is 39.5 Å². The predicted octanol–water partition coefficient (Wildman–Crippen LogP) is 2.48. The van der Waals surface area contributed by atoms with Gasteiger partial charge in [0.25, 0.3) is 0 Å². The molecule has 0 saturated carbocycles. The second kappa shape index (κ2) is 8.14. The minimum Gasteiger partial charge on any atom is -0.393 e. The summed E-state index contributed by atoms with van der Waals surface area (Å²) >= 11 is 0. The van der Waals surface area contributed by atoms with Crippen LogP contribution in [0.15, 0.2) is 18.2 Å². The standard InChI is InChI=1S/C16H21F3N2O3/c1-9(7-10(2)22)8-20-14(23)15(24)21-13-6-4-5-12(11(13)3)16(17,18)19/h4-6,9-10,22H,7-8H2,1-3H3,(H,20,23)(H,21,24). The molecule has 1 aromatic carbocycles. The first-order valence-corrected chi connectivity index (χ1v) is 7.46. The van der Waals surface area contributed by atoms with Crippen molar-refractivity contribution in [1.29, 1.82) is 0 Å². The van der Waals surface area contributed by atoms with Gasteiger partial charge in [-0.2, -0.15) is 13.2 Å². The number of hydrogen-bond donors (Lipinski definition) is 3. The molecule has 0 aliphatic rings. The van der Waals surface area contributed by atoms with E-state index < -0.39 is 29.7 Å². The molecule has 0 saturated heterocycles. The lowest BCUT2D eigenvalue weighted by atomic mass is 10.0. The summed E-state index contributed by atoms with van der Waals surface area (Å²) in [4.78, 5) is 23.5. The van der Waals surface area contributed by atoms with Crippen LogP contribution in [0, 0.1) is 12.8 Å². The van der Waals surface area contributed by atoms with Crippen LogP contribution < -0.4 is 10.6 Å². The molecule has 2 unspecified atom stereocenters. The van der Waals surface area contributed by atoms with E-state index in [0.717, 1.165) is 12.1 Å². The maximum Gasteiger partial charge on any atom is 0.416 e. The van der Waals surface area contributed by atoms with E-state index in [0.29, 0.717) is 6.42 Å². The summed E-state index contributed by atoms with van der Waals surface area (Å²) in [7, 11) is 0. The molecule has 8 heteroatoms. The molecule has 3 N–H and O–H groups in total. The van der Waals surface area contributed by atoms with Crippen LogP contribution >= 0.6 is 0 Å². The van der Waals surface area contributed by atoms with Crippen LogP contribution in [0.5, 0.6) is 0 Å². The van der Waals surface area contributed by atoms with Crippen molar-refractivity contribution in [2.75, 3.05) is 11.9 Å². The Bertz CT molecular complexity index is 601. The Morgan fingerprint density at radius 3 is 2.38 bits per heavy atom. The Morgan fingerprint density at radius 2 is 1.83 bits per heavy atom. The minimum atomic E-state index is -4.54. The quantitative estimate of drug-likeness (QED) is 0.717. The van der Waals surface area contributed by atoms with Crippen LogP contribution in [0.4, 0.5) is 18.9 Å². The molecule has 1 rings (SSSR count). The number of amides is 2. The fourth-order valence-corrected chi connectivity index (χ4v) is 2.27. The van der Waals surface area contributed by atoms with Crippen LogP contribution in [0.2, 0.25) is 0 Å². The van der Waals surface area contributed by atoms with E-state index in [1.54, 1.807) is 13.8 Å². The zero-order valence-corrected chi connectivity index (χ0v) is 13.7. The first-order chi connectivity index (χ1) is 11.0. The second-order valence-corrected chi connectivity index (χ2v) is 5.83. The van der Waals surface area contributed by atoms with Crippen LogP contribution in [0.3, 0.4) is 0 Å². The van der Waals surface area contributed by atoms with Gasteiger partial charge in [-0.1, -0.05) is 13.0 Å². The Morgan fingerprint density at radius 1 is 1.21 bits per heavy atom. The molecule has 0 aliphatic heterocycles. The molecule has 0 bridgehead atoms. The molecule has 0 aliphatic carbocycles. The number of aliphatic hydroxyl groups excluding tert-OH is 1. The van der Waals surface area contributed by atoms with Crippen molar-refractivity contribution in [3.8, 4) is 0 Å². The van der Waals surface area contributed by atoms with Gasteiger partial charge in [0.2, 0.25) is 0 Å². The lowest BCUT2D eigenvalue weighted by Gasteiger charge is -2.16. The van der Waals surface area contributed by atoms with Gasteiger partial charge < -0.3 is 15.7 Å². The van der Waals surface area contributed by atoms with Crippen molar-refractivity contribution in [3.05, 3.63) is 29.3 Å². The molecular weight excluding hydrogens is 325 g/mol. The van der Waals surface area contributed by atoms with E-state index in [2.05, 4.69) is 10.6 Å². The average Bonchev–Trinajstić information content (AvgIpc) is 2.44. The number of carbonyl (C=O) groups excluding carboxylic acids is 2. The highest BCUT2D eigenvalue weighted by molar-refractivity contribution is 6.39. The highest BCUT2D eigenvalue weighted by Crippen LogP contribution is 2.34. The number of rotatable bonds is 5. The van der Waals surface area contributed by atoms with E-state index in [-0.39, 0.29) is 23.7 Å². The summed E-state index contributed by atoms with van der Waals surface area (Å²) in [5.41, 5.74) is -1.10. The third-order valence-electron chi connectivity index (χ3n) is 3.45. The Kier molecular flexibility index (Phi) is 6.77. The van der Waals surface area contributed by atoms with Crippen LogP contribution in [-0.4, -0.2) is 29.6 Å². The number of anilines is 1. The Hall–Kier alpha value is -2.09. The van der Waals surface area contributed by atoms with E-state index in [1.165, 1.54) is 13.0 Å². The maximum absolute atomic E-state index is 12.8. The normalized spacial score (nSPS) is 14.0. The lowest BCUT2D eigenvalue weighted by Crippen LogP contribution is -2.38. The summed E-state index contributed by atoms with van der Waals surface area (Å²) in [5.74, 6) is -2.03. The van der Waals surface area contributed by atoms with Crippen molar-refractivity contribution < 1.29 is 27.9 Å². The lowest BCUT2D eigenvalue weighted by molar-refractivity contribution is -0.138. The summed E-state index contributed by atoms with van der Waals surface area (Å²) in [6.07, 6.45) is -4.61. The van der Waals surface area contributed by atoms with Crippen LogP contribution in [0.25, 0.3) is 0 Å². The molecule has 2 amide bonds. The molecule has 0 aromatic heterocycles. The van der Waals surface area contributed by atoms with E-state index in [1.807, 2.05) is 0 Å². The van der Waals surface area contributed by atoms with Crippen molar-refractivity contribution in [1.82, 2.24) is 5.32 Å². The number of benzene rings is 1. The molecule has 5 nitrogen and oxygen atoms in total. The number of hydrogen-bond acceptors (Lipinski definition) is 3. The zero-order chi connectivity index (χ0) is 18.5. The number of aliphatic hydroxyl groups is 1. The first-order valence-electron chi connectivity index (χ1n) is 7.46. The summed E-state index contributed by atoms with van der Waals surface area (Å²) < 4.78 is 38.5. The molecule has 0 radical (unpaired) electrons. The van der Waals surface area contributed by atoms with Gasteiger partial charge in [0.15, 0.2) is 0 Å². The van der Waals surface area contributed by atoms with Crippen molar-refractivity contribution >= 4 is 17.5 Å². The average molecular weight is 346 g/mol. The van der Waals surface area contributed by atoms with Crippen LogP contribution in [0.1, 0.15) is 31.4 Å². The van der Waals surface area contributed by atoms with Gasteiger partial charge in [-0.3, -0.25) is 9.59 Å². The second-order valence-electron chi connectivity index (χ2n) is 5.83. The fraction of sp³-hybridized carbons (Fsp3) is 0.500. The largest absolute Gasteiger partial charge is 0.416 e. The molecule has 2 atom stereocenters. The summed E-state index contributed by atoms with van der Waals surface area (Å²) in [6.45, 7) is 4.81. The monoisotopic (exact) mass is 346 g/mol. The van der Waals surface area contributed by atoms with Gasteiger partial charge in [0.05, 0.1) is 11.7 Å².